The maximum Gasteiger partial charge on any atom is 0.131 e. The Balaban J connectivity index is 0.00000100. The molecule has 0 aromatic heterocycles. The van der Waals surface area contributed by atoms with Gasteiger partial charge >= 0.3 is 0 Å². The summed E-state index contributed by atoms with van der Waals surface area (Å²) in [6.07, 6.45) is 3.21. The maximum atomic E-state index is 13.7. The highest BCUT2D eigenvalue weighted by Crippen LogP contribution is 2.24. The van der Waals surface area contributed by atoms with E-state index < -0.39 is 0 Å². The zero-order valence-corrected chi connectivity index (χ0v) is 14.9. The molecule has 0 bridgehead atoms. The SMILES string of the molecule is CC.Fc1cc(Cl)ccc1COc1cccc(C2=CCNCC2)c1. The van der Waals surface area contributed by atoms with E-state index >= 15 is 0 Å². The third-order valence-electron chi connectivity index (χ3n) is 3.68. The predicted molar refractivity (Wildman–Crippen MR) is 99.0 cm³/mol. The highest BCUT2D eigenvalue weighted by molar-refractivity contribution is 6.30. The molecule has 0 fully saturated rings. The third kappa shape index (κ3) is 5.08. The van der Waals surface area contributed by atoms with Gasteiger partial charge in [0.05, 0.1) is 0 Å². The van der Waals surface area contributed by atoms with Crippen molar-refractivity contribution in [1.82, 2.24) is 5.32 Å². The zero-order valence-electron chi connectivity index (χ0n) is 14.1. The van der Waals surface area contributed by atoms with E-state index in [-0.39, 0.29) is 12.4 Å². The number of hydrogen-bond donors (Lipinski definition) is 1. The summed E-state index contributed by atoms with van der Waals surface area (Å²) in [7, 11) is 0. The first kappa shape index (κ1) is 18.5. The molecule has 128 valence electrons. The molecule has 1 N–H and O–H groups in total. The van der Waals surface area contributed by atoms with Crippen molar-refractivity contribution in [1.29, 1.82) is 0 Å². The van der Waals surface area contributed by atoms with E-state index in [1.54, 1.807) is 12.1 Å². The average molecular weight is 348 g/mol. The van der Waals surface area contributed by atoms with Crippen molar-refractivity contribution in [3.05, 3.63) is 70.5 Å². The highest BCUT2D eigenvalue weighted by atomic mass is 35.5. The number of nitrogens with one attached hydrogen (secondary N) is 1. The summed E-state index contributed by atoms with van der Waals surface area (Å²) in [5.74, 6) is 0.399. The van der Waals surface area contributed by atoms with Crippen molar-refractivity contribution >= 4 is 17.2 Å². The molecule has 24 heavy (non-hydrogen) atoms. The largest absolute Gasteiger partial charge is 0.489 e. The van der Waals surface area contributed by atoms with Crippen LogP contribution in [-0.4, -0.2) is 13.1 Å². The second-order valence-corrected chi connectivity index (χ2v) is 5.67. The van der Waals surface area contributed by atoms with Gasteiger partial charge in [0.15, 0.2) is 0 Å². The van der Waals surface area contributed by atoms with E-state index in [4.69, 9.17) is 16.3 Å². The van der Waals surface area contributed by atoms with Gasteiger partial charge in [-0.05, 0) is 48.4 Å². The molecule has 1 aliphatic heterocycles. The molecule has 0 unspecified atom stereocenters. The van der Waals surface area contributed by atoms with Gasteiger partial charge in [-0.2, -0.15) is 0 Å². The van der Waals surface area contributed by atoms with Gasteiger partial charge in [0, 0.05) is 17.1 Å². The number of benzene rings is 2. The zero-order chi connectivity index (χ0) is 17.4. The van der Waals surface area contributed by atoms with E-state index in [9.17, 15) is 4.39 Å². The van der Waals surface area contributed by atoms with E-state index in [1.165, 1.54) is 11.6 Å². The molecule has 0 amide bonds. The molecule has 1 aliphatic rings. The molecule has 0 spiro atoms. The lowest BCUT2D eigenvalue weighted by molar-refractivity contribution is 0.300. The molecule has 4 heteroatoms. The summed E-state index contributed by atoms with van der Waals surface area (Å²) in [6.45, 7) is 6.08. The minimum Gasteiger partial charge on any atom is -0.489 e. The number of ether oxygens (including phenoxy) is 1. The molecule has 0 saturated carbocycles. The van der Waals surface area contributed by atoms with Crippen LogP contribution in [-0.2, 0) is 6.61 Å². The topological polar surface area (TPSA) is 21.3 Å². The summed E-state index contributed by atoms with van der Waals surface area (Å²) in [5, 5.41) is 3.69. The molecular weight excluding hydrogens is 325 g/mol. The van der Waals surface area contributed by atoms with Crippen LogP contribution in [0.2, 0.25) is 5.02 Å². The van der Waals surface area contributed by atoms with E-state index in [0.717, 1.165) is 30.8 Å². The third-order valence-corrected chi connectivity index (χ3v) is 3.91. The second kappa shape index (κ2) is 9.45. The lowest BCUT2D eigenvalue weighted by Crippen LogP contribution is -2.19. The average Bonchev–Trinajstić information content (AvgIpc) is 2.64. The normalized spacial score (nSPS) is 13.6. The fourth-order valence-electron chi connectivity index (χ4n) is 2.47. The minimum absolute atomic E-state index is 0.188. The first-order chi connectivity index (χ1) is 11.7. The van der Waals surface area contributed by atoms with Gasteiger partial charge in [0.2, 0.25) is 0 Å². The molecule has 1 heterocycles. The fraction of sp³-hybridized carbons (Fsp3) is 0.300. The number of rotatable bonds is 4. The standard InChI is InChI=1S/C18H17ClFNO.C2H6/c19-16-5-4-15(18(20)11-16)12-22-17-3-1-2-14(10-17)13-6-8-21-9-7-13;1-2/h1-6,10-11,21H,7-9,12H2;1-2H3. The van der Waals surface area contributed by atoms with Crippen molar-refractivity contribution in [2.45, 2.75) is 26.9 Å². The molecule has 2 nitrogen and oxygen atoms in total. The van der Waals surface area contributed by atoms with Crippen LogP contribution < -0.4 is 10.1 Å². The molecule has 2 aromatic rings. The first-order valence-corrected chi connectivity index (χ1v) is 8.67. The Hall–Kier alpha value is -1.84. The van der Waals surface area contributed by atoms with Crippen molar-refractivity contribution in [2.75, 3.05) is 13.1 Å². The van der Waals surface area contributed by atoms with Gasteiger partial charge in [-0.3, -0.25) is 0 Å². The Bertz CT molecular complexity index is 700. The van der Waals surface area contributed by atoms with Crippen LogP contribution in [0, 0.1) is 5.82 Å². The summed E-state index contributed by atoms with van der Waals surface area (Å²) in [5.41, 5.74) is 2.98. The Morgan fingerprint density at radius 2 is 2.00 bits per heavy atom. The monoisotopic (exact) mass is 347 g/mol. The summed E-state index contributed by atoms with van der Waals surface area (Å²) in [6, 6.07) is 12.6. The lowest BCUT2D eigenvalue weighted by atomic mass is 10.0. The van der Waals surface area contributed by atoms with Crippen LogP contribution in [0.25, 0.3) is 5.57 Å². The lowest BCUT2D eigenvalue weighted by Gasteiger charge is -2.15. The Morgan fingerprint density at radius 1 is 1.17 bits per heavy atom. The molecule has 3 rings (SSSR count). The van der Waals surface area contributed by atoms with Gasteiger partial charge < -0.3 is 10.1 Å². The Labute approximate surface area is 148 Å². The second-order valence-electron chi connectivity index (χ2n) is 5.24. The van der Waals surface area contributed by atoms with Crippen molar-refractivity contribution in [3.8, 4) is 5.75 Å². The molecule has 0 atom stereocenters. The summed E-state index contributed by atoms with van der Waals surface area (Å²) < 4.78 is 19.5. The van der Waals surface area contributed by atoms with Crippen LogP contribution in [0.5, 0.6) is 5.75 Å². The number of halogens is 2. The minimum atomic E-state index is -0.343. The van der Waals surface area contributed by atoms with E-state index in [0.29, 0.717) is 10.6 Å². The van der Waals surface area contributed by atoms with Crippen LogP contribution >= 0.6 is 11.6 Å². The molecule has 0 aliphatic carbocycles. The maximum absolute atomic E-state index is 13.7. The molecule has 0 radical (unpaired) electrons. The van der Waals surface area contributed by atoms with Crippen molar-refractivity contribution < 1.29 is 9.13 Å². The summed E-state index contributed by atoms with van der Waals surface area (Å²) >= 11 is 5.75. The smallest absolute Gasteiger partial charge is 0.131 e. The van der Waals surface area contributed by atoms with Crippen molar-refractivity contribution in [3.63, 3.8) is 0 Å². The van der Waals surface area contributed by atoms with Crippen LogP contribution in [0.1, 0.15) is 31.4 Å². The van der Waals surface area contributed by atoms with E-state index in [2.05, 4.69) is 17.5 Å². The van der Waals surface area contributed by atoms with Crippen molar-refractivity contribution in [2.24, 2.45) is 0 Å². The fourth-order valence-corrected chi connectivity index (χ4v) is 2.63. The predicted octanol–water partition coefficient (Wildman–Crippen LogP) is 5.46. The summed E-state index contributed by atoms with van der Waals surface area (Å²) in [4.78, 5) is 0. The Morgan fingerprint density at radius 3 is 2.71 bits per heavy atom. The van der Waals surface area contributed by atoms with Gasteiger partial charge in [-0.15, -0.1) is 0 Å². The molecule has 2 aromatic carbocycles. The van der Waals surface area contributed by atoms with Gasteiger partial charge in [0.25, 0.3) is 0 Å². The highest BCUT2D eigenvalue weighted by Gasteiger charge is 2.08. The van der Waals surface area contributed by atoms with Crippen LogP contribution in [0.3, 0.4) is 0 Å². The molecular formula is C20H23ClFNO. The molecule has 0 saturated heterocycles. The van der Waals surface area contributed by atoms with Crippen LogP contribution in [0.4, 0.5) is 4.39 Å². The quantitative estimate of drug-likeness (QED) is 0.792. The van der Waals surface area contributed by atoms with Gasteiger partial charge in [-0.1, -0.05) is 49.7 Å². The van der Waals surface area contributed by atoms with Gasteiger partial charge in [0.1, 0.15) is 18.2 Å². The van der Waals surface area contributed by atoms with Gasteiger partial charge in [-0.25, -0.2) is 4.39 Å². The van der Waals surface area contributed by atoms with E-state index in [1.807, 2.05) is 32.0 Å². The van der Waals surface area contributed by atoms with Crippen LogP contribution in [0.15, 0.2) is 48.5 Å². The Kier molecular flexibility index (Phi) is 7.29. The first-order valence-electron chi connectivity index (χ1n) is 8.29. The number of hydrogen-bond acceptors (Lipinski definition) is 2.